The Kier molecular flexibility index (Phi) is 5.50. The van der Waals surface area contributed by atoms with Crippen LogP contribution in [-0.4, -0.2) is 21.6 Å². The molecule has 0 aliphatic carbocycles. The van der Waals surface area contributed by atoms with Gasteiger partial charge in [-0.1, -0.05) is 41.4 Å². The zero-order chi connectivity index (χ0) is 11.9. The highest BCUT2D eigenvalue weighted by Gasteiger charge is 2.37. The van der Waals surface area contributed by atoms with Crippen LogP contribution >= 0.6 is 11.1 Å². The molecule has 0 saturated heterocycles. The Bertz CT molecular complexity index is 355. The summed E-state index contributed by atoms with van der Waals surface area (Å²) in [6.45, 7) is 0.450. The van der Waals surface area contributed by atoms with E-state index in [0.717, 1.165) is 5.19 Å². The number of benzene rings is 1. The summed E-state index contributed by atoms with van der Waals surface area (Å²) in [6, 6.07) is 11.6. The summed E-state index contributed by atoms with van der Waals surface area (Å²) < 4.78 is 10.9. The van der Waals surface area contributed by atoms with Crippen molar-refractivity contribution in [3.8, 4) is 6.07 Å². The van der Waals surface area contributed by atoms with Crippen LogP contribution in [0, 0.1) is 11.3 Å². The van der Waals surface area contributed by atoms with Gasteiger partial charge in [0.15, 0.2) is 0 Å². The van der Waals surface area contributed by atoms with Gasteiger partial charge in [0.2, 0.25) is 0 Å². The number of nitrogens with zero attached hydrogens (tertiary/aromatic N) is 1. The predicted octanol–water partition coefficient (Wildman–Crippen LogP) is 2.04. The van der Waals surface area contributed by atoms with Gasteiger partial charge in [0, 0.05) is 25.3 Å². The number of unbranched alkanes of at least 4 members (excludes halogenated alkanes) is 1. The second-order valence-corrected chi connectivity index (χ2v) is 7.06. The second-order valence-electron chi connectivity index (χ2n) is 3.22. The molecule has 0 fully saturated rings. The van der Waals surface area contributed by atoms with E-state index in [0.29, 0.717) is 19.4 Å². The first kappa shape index (κ1) is 13.2. The van der Waals surface area contributed by atoms with Gasteiger partial charge in [-0.15, -0.1) is 0 Å². The van der Waals surface area contributed by atoms with Crippen LogP contribution < -0.4 is 5.19 Å². The molecule has 16 heavy (non-hydrogen) atoms. The molecule has 0 aromatic heterocycles. The van der Waals surface area contributed by atoms with E-state index in [1.54, 1.807) is 7.11 Å². The molecule has 0 aliphatic rings. The fourth-order valence-electron chi connectivity index (χ4n) is 1.25. The maximum Gasteiger partial charge on any atom is 0.478 e. The lowest BCUT2D eigenvalue weighted by molar-refractivity contribution is 0.229. The Morgan fingerprint density at radius 2 is 2.06 bits per heavy atom. The first-order chi connectivity index (χ1) is 7.73. The smallest absolute Gasteiger partial charge is 0.383 e. The normalized spacial score (nSPS) is 14.1. The Morgan fingerprint density at radius 3 is 2.62 bits per heavy atom. The minimum Gasteiger partial charge on any atom is -0.383 e. The van der Waals surface area contributed by atoms with Gasteiger partial charge in [-0.25, -0.2) is 0 Å². The third-order valence-electron chi connectivity index (χ3n) is 2.10. The Morgan fingerprint density at radius 1 is 1.38 bits per heavy atom. The van der Waals surface area contributed by atoms with E-state index < -0.39 is 7.87 Å². The van der Waals surface area contributed by atoms with Crippen molar-refractivity contribution in [2.24, 2.45) is 0 Å². The van der Waals surface area contributed by atoms with Crippen LogP contribution in [-0.2, 0) is 8.85 Å². The van der Waals surface area contributed by atoms with Crippen molar-refractivity contribution in [1.82, 2.24) is 0 Å². The van der Waals surface area contributed by atoms with Crippen LogP contribution in [0.3, 0.4) is 0 Å². The van der Waals surface area contributed by atoms with E-state index in [1.807, 2.05) is 30.3 Å². The summed E-state index contributed by atoms with van der Waals surface area (Å²) in [4.78, 5) is 0. The molecule has 0 radical (unpaired) electrons. The lowest BCUT2D eigenvalue weighted by atomic mass is 10.4. The second kappa shape index (κ2) is 6.66. The maximum atomic E-state index is 8.41. The number of halogens is 1. The Balaban J connectivity index is 2.60. The third kappa shape index (κ3) is 3.61. The summed E-state index contributed by atoms with van der Waals surface area (Å²) in [6.07, 6.45) is 1.15. The summed E-state index contributed by atoms with van der Waals surface area (Å²) in [5.41, 5.74) is 0. The maximum absolute atomic E-state index is 8.41. The van der Waals surface area contributed by atoms with Crippen molar-refractivity contribution >= 4 is 24.1 Å². The molecule has 0 saturated carbocycles. The zero-order valence-corrected chi connectivity index (χ0v) is 10.9. The van der Waals surface area contributed by atoms with Gasteiger partial charge in [-0.3, -0.25) is 0 Å². The molecule has 1 aromatic rings. The molecule has 1 atom stereocenters. The number of rotatable bonds is 6. The number of nitriles is 1. The topological polar surface area (TPSA) is 42.2 Å². The van der Waals surface area contributed by atoms with Crippen molar-refractivity contribution in [3.05, 3.63) is 30.3 Å². The van der Waals surface area contributed by atoms with Crippen LogP contribution in [0.1, 0.15) is 12.8 Å². The summed E-state index contributed by atoms with van der Waals surface area (Å²) >= 11 is 6.34. The minimum atomic E-state index is -2.79. The van der Waals surface area contributed by atoms with Crippen molar-refractivity contribution in [2.45, 2.75) is 12.8 Å². The molecule has 0 amide bonds. The van der Waals surface area contributed by atoms with E-state index in [9.17, 15) is 0 Å². The Labute approximate surface area is 102 Å². The first-order valence-corrected chi connectivity index (χ1v) is 7.86. The molecule has 86 valence electrons. The summed E-state index contributed by atoms with van der Waals surface area (Å²) in [5, 5.41) is 9.30. The van der Waals surface area contributed by atoms with Crippen LogP contribution in [0.4, 0.5) is 0 Å². The molecule has 0 bridgehead atoms. The van der Waals surface area contributed by atoms with Crippen molar-refractivity contribution in [3.63, 3.8) is 0 Å². The average Bonchev–Trinajstić information content (AvgIpc) is 2.35. The fourth-order valence-corrected chi connectivity index (χ4v) is 3.38. The SMILES string of the molecule is CO[Si](Cl)(OCCCC#N)c1ccccc1. The highest BCUT2D eigenvalue weighted by Crippen LogP contribution is 2.13. The quantitative estimate of drug-likeness (QED) is 0.444. The van der Waals surface area contributed by atoms with Gasteiger partial charge in [-0.05, 0) is 6.42 Å². The van der Waals surface area contributed by atoms with E-state index in [4.69, 9.17) is 25.2 Å². The van der Waals surface area contributed by atoms with Crippen LogP contribution in [0.5, 0.6) is 0 Å². The van der Waals surface area contributed by atoms with E-state index in [2.05, 4.69) is 6.07 Å². The fraction of sp³-hybridized carbons (Fsp3) is 0.364. The highest BCUT2D eigenvalue weighted by atomic mass is 35.6. The zero-order valence-electron chi connectivity index (χ0n) is 9.15. The Hall–Kier alpha value is -0.863. The van der Waals surface area contributed by atoms with E-state index in [1.165, 1.54) is 0 Å². The molecule has 0 aliphatic heterocycles. The third-order valence-corrected chi connectivity index (χ3v) is 5.67. The lowest BCUT2D eigenvalue weighted by Gasteiger charge is -2.22. The van der Waals surface area contributed by atoms with Gasteiger partial charge in [0.1, 0.15) is 0 Å². The molecule has 1 rings (SSSR count). The molecule has 1 aromatic carbocycles. The van der Waals surface area contributed by atoms with Gasteiger partial charge in [-0.2, -0.15) is 5.26 Å². The molecule has 5 heteroatoms. The molecular weight excluding hydrogens is 242 g/mol. The summed E-state index contributed by atoms with van der Waals surface area (Å²) in [5.74, 6) is 0. The summed E-state index contributed by atoms with van der Waals surface area (Å²) in [7, 11) is -1.23. The number of hydrogen-bond acceptors (Lipinski definition) is 3. The first-order valence-electron chi connectivity index (χ1n) is 5.03. The number of hydrogen-bond donors (Lipinski definition) is 0. The molecule has 1 unspecified atom stereocenters. The molecule has 0 spiro atoms. The predicted molar refractivity (Wildman–Crippen MR) is 65.5 cm³/mol. The van der Waals surface area contributed by atoms with Gasteiger partial charge in [0.05, 0.1) is 6.07 Å². The molecular formula is C11H14ClNO2Si. The highest BCUT2D eigenvalue weighted by molar-refractivity contribution is 7.20. The van der Waals surface area contributed by atoms with Gasteiger partial charge in [0.25, 0.3) is 0 Å². The molecule has 3 nitrogen and oxygen atoms in total. The minimum absolute atomic E-state index is 0.450. The van der Waals surface area contributed by atoms with Crippen LogP contribution in [0.15, 0.2) is 30.3 Å². The van der Waals surface area contributed by atoms with Gasteiger partial charge < -0.3 is 8.85 Å². The van der Waals surface area contributed by atoms with E-state index >= 15 is 0 Å². The van der Waals surface area contributed by atoms with Crippen LogP contribution in [0.2, 0.25) is 0 Å². The average molecular weight is 256 g/mol. The largest absolute Gasteiger partial charge is 0.478 e. The van der Waals surface area contributed by atoms with Crippen molar-refractivity contribution in [1.29, 1.82) is 5.26 Å². The monoisotopic (exact) mass is 255 g/mol. The van der Waals surface area contributed by atoms with Crippen molar-refractivity contribution in [2.75, 3.05) is 13.7 Å². The molecule has 0 heterocycles. The lowest BCUT2D eigenvalue weighted by Crippen LogP contribution is -2.48. The van der Waals surface area contributed by atoms with Gasteiger partial charge >= 0.3 is 7.87 Å². The van der Waals surface area contributed by atoms with E-state index in [-0.39, 0.29) is 0 Å². The van der Waals surface area contributed by atoms with Crippen molar-refractivity contribution < 1.29 is 8.85 Å². The van der Waals surface area contributed by atoms with Crippen LogP contribution in [0.25, 0.3) is 0 Å². The standard InChI is InChI=1S/C11H14ClNO2Si/c1-14-16(12,15-10-6-5-9-13)11-7-3-2-4-8-11/h2-4,7-8H,5-6,10H2,1H3. The molecule has 0 N–H and O–H groups in total.